The van der Waals surface area contributed by atoms with Crippen LogP contribution in [0.15, 0.2) is 60.2 Å². The summed E-state index contributed by atoms with van der Waals surface area (Å²) in [6.45, 7) is 1.45. The van der Waals surface area contributed by atoms with E-state index in [1.165, 1.54) is 0 Å². The summed E-state index contributed by atoms with van der Waals surface area (Å²) in [6.07, 6.45) is 8.77. The van der Waals surface area contributed by atoms with Crippen LogP contribution in [-0.4, -0.2) is 43.6 Å². The van der Waals surface area contributed by atoms with E-state index in [4.69, 9.17) is 4.98 Å². The molecule has 1 saturated heterocycles. The first-order valence-corrected chi connectivity index (χ1v) is 11.6. The van der Waals surface area contributed by atoms with Crippen molar-refractivity contribution in [1.82, 2.24) is 24.6 Å². The summed E-state index contributed by atoms with van der Waals surface area (Å²) >= 11 is 1.56. The first-order valence-electron chi connectivity index (χ1n) is 10.7. The number of carbonyl (C=O) groups excluding carboxylic acids is 1. The fourth-order valence-corrected chi connectivity index (χ4v) is 4.64. The number of benzene rings is 1. The van der Waals surface area contributed by atoms with E-state index < -0.39 is 0 Å². The van der Waals surface area contributed by atoms with E-state index in [0.717, 1.165) is 59.0 Å². The number of piperidine rings is 1. The van der Waals surface area contributed by atoms with Crippen LogP contribution in [0, 0.1) is 0 Å². The molecule has 0 radical (unpaired) electrons. The Kier molecular flexibility index (Phi) is 5.68. The Labute approximate surface area is 190 Å². The van der Waals surface area contributed by atoms with E-state index in [2.05, 4.69) is 39.7 Å². The Morgan fingerprint density at radius 1 is 1.19 bits per heavy atom. The van der Waals surface area contributed by atoms with E-state index in [0.29, 0.717) is 5.92 Å². The summed E-state index contributed by atoms with van der Waals surface area (Å²) in [5.74, 6) is 1.20. The second-order valence-electron chi connectivity index (χ2n) is 7.89. The number of aryl methyl sites for hydroxylation is 1. The van der Waals surface area contributed by atoms with Gasteiger partial charge in [-0.05, 0) is 36.4 Å². The Bertz CT molecular complexity index is 1250. The van der Waals surface area contributed by atoms with Crippen LogP contribution in [0.2, 0.25) is 0 Å². The van der Waals surface area contributed by atoms with Gasteiger partial charge in [0.15, 0.2) is 5.13 Å². The van der Waals surface area contributed by atoms with Gasteiger partial charge in [-0.15, -0.1) is 11.3 Å². The minimum Gasteiger partial charge on any atom is -0.339 e. The molecule has 1 amide bonds. The molecule has 0 aliphatic carbocycles. The number of aromatic nitrogens is 4. The summed E-state index contributed by atoms with van der Waals surface area (Å²) in [7, 11) is 1.86. The highest BCUT2D eigenvalue weighted by molar-refractivity contribution is 7.13. The highest BCUT2D eigenvalue weighted by atomic mass is 32.1. The topological polar surface area (TPSA) is 75.9 Å². The number of carbonyl (C=O) groups is 1. The van der Waals surface area contributed by atoms with Gasteiger partial charge in [0.2, 0.25) is 5.91 Å². The van der Waals surface area contributed by atoms with Gasteiger partial charge in [0.05, 0.1) is 5.69 Å². The smallest absolute Gasteiger partial charge is 0.246 e. The fourth-order valence-electron chi connectivity index (χ4n) is 4.12. The summed E-state index contributed by atoms with van der Waals surface area (Å²) in [4.78, 5) is 23.9. The molecule has 32 heavy (non-hydrogen) atoms. The van der Waals surface area contributed by atoms with Crippen molar-refractivity contribution in [2.75, 3.05) is 18.4 Å². The summed E-state index contributed by atoms with van der Waals surface area (Å²) < 4.78 is 1.75. The van der Waals surface area contributed by atoms with Crippen LogP contribution >= 0.6 is 11.3 Å². The van der Waals surface area contributed by atoms with E-state index in [-0.39, 0.29) is 5.91 Å². The lowest BCUT2D eigenvalue weighted by molar-refractivity contribution is -0.126. The molecule has 3 aromatic heterocycles. The van der Waals surface area contributed by atoms with Gasteiger partial charge in [0, 0.05) is 61.0 Å². The average Bonchev–Trinajstić information content (AvgIpc) is 3.49. The van der Waals surface area contributed by atoms with Gasteiger partial charge in [0.25, 0.3) is 0 Å². The third-order valence-corrected chi connectivity index (χ3v) is 6.59. The third-order valence-electron chi connectivity index (χ3n) is 5.90. The molecule has 1 aliphatic heterocycles. The highest BCUT2D eigenvalue weighted by Crippen LogP contribution is 2.33. The lowest BCUT2D eigenvalue weighted by Gasteiger charge is -2.31. The van der Waals surface area contributed by atoms with Crippen LogP contribution < -0.4 is 5.32 Å². The number of thiazole rings is 1. The summed E-state index contributed by atoms with van der Waals surface area (Å²) in [6, 6.07) is 12.4. The Morgan fingerprint density at radius 3 is 2.78 bits per heavy atom. The first kappa shape index (κ1) is 20.4. The largest absolute Gasteiger partial charge is 0.339 e. The zero-order valence-corrected chi connectivity index (χ0v) is 18.6. The molecule has 1 aromatic carbocycles. The Morgan fingerprint density at radius 2 is 2.03 bits per heavy atom. The molecule has 0 bridgehead atoms. The molecular weight excluding hydrogens is 420 g/mol. The maximum absolute atomic E-state index is 12.6. The van der Waals surface area contributed by atoms with E-state index >= 15 is 0 Å². The lowest BCUT2D eigenvalue weighted by atomic mass is 9.92. The number of anilines is 2. The van der Waals surface area contributed by atoms with Gasteiger partial charge in [-0.25, -0.2) is 9.97 Å². The number of hydrogen-bond acceptors (Lipinski definition) is 6. The molecule has 4 heterocycles. The molecule has 0 atom stereocenters. The molecule has 1 fully saturated rings. The Balaban J connectivity index is 1.31. The van der Waals surface area contributed by atoms with Crippen LogP contribution in [0.25, 0.3) is 16.8 Å². The monoisotopic (exact) mass is 444 g/mol. The summed E-state index contributed by atoms with van der Waals surface area (Å²) in [5.41, 5.74) is 1.98. The van der Waals surface area contributed by atoms with Gasteiger partial charge in [0.1, 0.15) is 5.82 Å². The number of nitrogens with zero attached hydrogens (tertiary/aromatic N) is 5. The second-order valence-corrected chi connectivity index (χ2v) is 8.79. The van der Waals surface area contributed by atoms with Crippen LogP contribution in [0.4, 0.5) is 10.9 Å². The molecule has 4 aromatic rings. The van der Waals surface area contributed by atoms with E-state index in [9.17, 15) is 4.79 Å². The zero-order chi connectivity index (χ0) is 21.9. The van der Waals surface area contributed by atoms with Crippen molar-refractivity contribution in [2.45, 2.75) is 18.8 Å². The number of fused-ring (bicyclic) bond motifs is 1. The van der Waals surface area contributed by atoms with Crippen molar-refractivity contribution in [3.05, 3.63) is 71.6 Å². The maximum atomic E-state index is 12.6. The minimum atomic E-state index is 0.0437. The maximum Gasteiger partial charge on any atom is 0.246 e. The molecule has 7 nitrogen and oxygen atoms in total. The SMILES string of the molecule is Cn1nccc1/C=C/C(=O)N1CCC(c2cc3ccccc3c(Nc3nccs3)n2)CC1. The standard InChI is InChI=1S/C24H24N6OS/c1-29-19(8-11-26-29)6-7-22(31)30-13-9-17(10-14-30)21-16-18-4-2-3-5-20(18)23(27-21)28-24-25-12-15-32-24/h2-8,11-12,15-17H,9-10,13-14H2,1H3,(H,25,27,28)/b7-6+. The average molecular weight is 445 g/mol. The van der Waals surface area contributed by atoms with Gasteiger partial charge < -0.3 is 10.2 Å². The first-order chi connectivity index (χ1) is 15.7. The van der Waals surface area contributed by atoms with Crippen molar-refractivity contribution in [3.63, 3.8) is 0 Å². The lowest BCUT2D eigenvalue weighted by Crippen LogP contribution is -2.37. The Hall–Kier alpha value is -3.52. The predicted molar refractivity (Wildman–Crippen MR) is 128 cm³/mol. The molecule has 0 spiro atoms. The fraction of sp³-hybridized carbons (Fsp3) is 0.250. The van der Waals surface area contributed by atoms with Gasteiger partial charge >= 0.3 is 0 Å². The quantitative estimate of drug-likeness (QED) is 0.456. The predicted octanol–water partition coefficient (Wildman–Crippen LogP) is 4.59. The molecule has 8 heteroatoms. The van der Waals surface area contributed by atoms with Gasteiger partial charge in [-0.3, -0.25) is 9.48 Å². The number of rotatable bonds is 5. The van der Waals surface area contributed by atoms with Crippen molar-refractivity contribution in [2.24, 2.45) is 7.05 Å². The number of pyridine rings is 1. The molecule has 0 unspecified atom stereocenters. The number of nitrogens with one attached hydrogen (secondary N) is 1. The third kappa shape index (κ3) is 4.27. The molecule has 162 valence electrons. The number of likely N-dealkylation sites (tertiary alicyclic amines) is 1. The van der Waals surface area contributed by atoms with Gasteiger partial charge in [-0.1, -0.05) is 24.3 Å². The van der Waals surface area contributed by atoms with Crippen molar-refractivity contribution >= 4 is 45.0 Å². The molecule has 1 N–H and O–H groups in total. The summed E-state index contributed by atoms with van der Waals surface area (Å²) in [5, 5.41) is 12.5. The normalized spacial score (nSPS) is 15.0. The minimum absolute atomic E-state index is 0.0437. The van der Waals surface area contributed by atoms with E-state index in [1.54, 1.807) is 34.5 Å². The van der Waals surface area contributed by atoms with Crippen LogP contribution in [-0.2, 0) is 11.8 Å². The van der Waals surface area contributed by atoms with E-state index in [1.807, 2.05) is 35.5 Å². The molecule has 0 saturated carbocycles. The van der Waals surface area contributed by atoms with Crippen LogP contribution in [0.1, 0.15) is 30.1 Å². The van der Waals surface area contributed by atoms with Crippen molar-refractivity contribution < 1.29 is 4.79 Å². The van der Waals surface area contributed by atoms with Crippen molar-refractivity contribution in [3.8, 4) is 0 Å². The van der Waals surface area contributed by atoms with Crippen LogP contribution in [0.5, 0.6) is 0 Å². The zero-order valence-electron chi connectivity index (χ0n) is 17.8. The molecule has 5 rings (SSSR count). The van der Waals surface area contributed by atoms with Crippen molar-refractivity contribution in [1.29, 1.82) is 0 Å². The second kappa shape index (κ2) is 8.92. The number of hydrogen-bond donors (Lipinski definition) is 1. The molecule has 1 aliphatic rings. The molecular formula is C24H24N6OS. The van der Waals surface area contributed by atoms with Crippen LogP contribution in [0.3, 0.4) is 0 Å². The van der Waals surface area contributed by atoms with Gasteiger partial charge in [-0.2, -0.15) is 5.10 Å². The highest BCUT2D eigenvalue weighted by Gasteiger charge is 2.24. The number of amides is 1.